The second-order valence-corrected chi connectivity index (χ2v) is 9.72. The normalized spacial score (nSPS) is 11.7. The smallest absolute Gasteiger partial charge is 0.261 e. The van der Waals surface area contributed by atoms with Crippen molar-refractivity contribution >= 4 is 23.4 Å². The fraction of sp³-hybridized carbons (Fsp3) is 0.333. The number of carbonyl (C=O) groups excluding carboxylic acids is 2. The average molecular weight is 507 g/mol. The van der Waals surface area contributed by atoms with Gasteiger partial charge in [-0.2, -0.15) is 0 Å². The van der Waals surface area contributed by atoms with Gasteiger partial charge < -0.3 is 15.0 Å². The van der Waals surface area contributed by atoms with Gasteiger partial charge in [0.15, 0.2) is 6.61 Å². The van der Waals surface area contributed by atoms with Gasteiger partial charge in [-0.3, -0.25) is 9.59 Å². The predicted molar refractivity (Wildman–Crippen MR) is 145 cm³/mol. The lowest BCUT2D eigenvalue weighted by Crippen LogP contribution is -2.52. The number of halogens is 1. The number of ether oxygens (including phenoxy) is 1. The largest absolute Gasteiger partial charge is 0.484 e. The van der Waals surface area contributed by atoms with Gasteiger partial charge in [0.2, 0.25) is 5.91 Å². The Morgan fingerprint density at radius 2 is 1.53 bits per heavy atom. The van der Waals surface area contributed by atoms with Crippen molar-refractivity contribution in [3.05, 3.63) is 101 Å². The number of nitrogens with one attached hydrogen (secondary N) is 1. The minimum Gasteiger partial charge on any atom is -0.484 e. The highest BCUT2D eigenvalue weighted by molar-refractivity contribution is 6.30. The summed E-state index contributed by atoms with van der Waals surface area (Å²) in [7, 11) is 0. The first-order valence-electron chi connectivity index (χ1n) is 12.4. The third-order valence-electron chi connectivity index (χ3n) is 5.92. The molecule has 1 N–H and O–H groups in total. The van der Waals surface area contributed by atoms with E-state index in [-0.39, 0.29) is 25.0 Å². The Morgan fingerprint density at radius 1 is 0.889 bits per heavy atom. The quantitative estimate of drug-likeness (QED) is 0.343. The van der Waals surface area contributed by atoms with Crippen molar-refractivity contribution in [2.24, 2.45) is 5.92 Å². The summed E-state index contributed by atoms with van der Waals surface area (Å²) in [5.41, 5.74) is 3.06. The summed E-state index contributed by atoms with van der Waals surface area (Å²) >= 11 is 6.08. The average Bonchev–Trinajstić information content (AvgIpc) is 2.89. The second-order valence-electron chi connectivity index (χ2n) is 9.28. The summed E-state index contributed by atoms with van der Waals surface area (Å²) in [5.74, 6) is 0.476. The fourth-order valence-electron chi connectivity index (χ4n) is 3.81. The molecule has 190 valence electrons. The predicted octanol–water partition coefficient (Wildman–Crippen LogP) is 5.69. The Kier molecular flexibility index (Phi) is 10.4. The van der Waals surface area contributed by atoms with Crippen LogP contribution in [-0.2, 0) is 29.0 Å². The lowest BCUT2D eigenvalue weighted by molar-refractivity contribution is -0.142. The van der Waals surface area contributed by atoms with Crippen LogP contribution < -0.4 is 10.1 Å². The number of hydrogen-bond donors (Lipinski definition) is 1. The maximum absolute atomic E-state index is 13.6. The molecule has 0 bridgehead atoms. The van der Waals surface area contributed by atoms with Gasteiger partial charge in [-0.15, -0.1) is 0 Å². The van der Waals surface area contributed by atoms with Crippen LogP contribution >= 0.6 is 11.6 Å². The van der Waals surface area contributed by atoms with E-state index in [0.29, 0.717) is 29.7 Å². The van der Waals surface area contributed by atoms with Crippen LogP contribution in [0, 0.1) is 5.92 Å². The minimum atomic E-state index is -0.694. The maximum atomic E-state index is 13.6. The highest BCUT2D eigenvalue weighted by atomic mass is 35.5. The molecule has 0 radical (unpaired) electrons. The van der Waals surface area contributed by atoms with Gasteiger partial charge in [-0.1, -0.05) is 87.0 Å². The summed E-state index contributed by atoms with van der Waals surface area (Å²) in [5, 5.41) is 3.64. The molecule has 0 unspecified atom stereocenters. The van der Waals surface area contributed by atoms with Gasteiger partial charge in [0.25, 0.3) is 5.91 Å². The molecule has 0 aliphatic carbocycles. The molecule has 0 aliphatic rings. The van der Waals surface area contributed by atoms with Crippen molar-refractivity contribution in [1.82, 2.24) is 10.2 Å². The molecule has 6 heteroatoms. The van der Waals surface area contributed by atoms with Crippen LogP contribution in [0.15, 0.2) is 78.9 Å². The zero-order chi connectivity index (χ0) is 25.9. The van der Waals surface area contributed by atoms with E-state index in [0.717, 1.165) is 17.5 Å². The first-order valence-corrected chi connectivity index (χ1v) is 12.8. The molecule has 36 heavy (non-hydrogen) atoms. The monoisotopic (exact) mass is 506 g/mol. The highest BCUT2D eigenvalue weighted by Crippen LogP contribution is 2.18. The molecule has 1 atom stereocenters. The topological polar surface area (TPSA) is 58.6 Å². The molecule has 0 saturated heterocycles. The molecule has 0 aromatic heterocycles. The van der Waals surface area contributed by atoms with Crippen molar-refractivity contribution in [1.29, 1.82) is 0 Å². The van der Waals surface area contributed by atoms with Crippen LogP contribution in [0.2, 0.25) is 5.02 Å². The van der Waals surface area contributed by atoms with Crippen LogP contribution in [0.4, 0.5) is 0 Å². The molecule has 3 aromatic rings. The van der Waals surface area contributed by atoms with E-state index < -0.39 is 6.04 Å². The van der Waals surface area contributed by atoms with Crippen molar-refractivity contribution in [3.8, 4) is 5.75 Å². The van der Waals surface area contributed by atoms with Crippen LogP contribution in [0.5, 0.6) is 5.75 Å². The third kappa shape index (κ3) is 8.42. The zero-order valence-corrected chi connectivity index (χ0v) is 22.0. The number of aryl methyl sites for hydroxylation is 1. The van der Waals surface area contributed by atoms with E-state index in [4.69, 9.17) is 16.3 Å². The molecule has 0 saturated carbocycles. The SMILES string of the molecule is CCc1ccc(OCC(=O)N(Cc2ccc(Cl)cc2)[C@H](Cc2ccccc2)C(=O)NCC(C)C)cc1. The van der Waals surface area contributed by atoms with E-state index in [2.05, 4.69) is 12.2 Å². The molecule has 0 heterocycles. The number of benzene rings is 3. The lowest BCUT2D eigenvalue weighted by Gasteiger charge is -2.31. The van der Waals surface area contributed by atoms with Crippen molar-refractivity contribution in [2.45, 2.75) is 46.2 Å². The van der Waals surface area contributed by atoms with Gasteiger partial charge >= 0.3 is 0 Å². The zero-order valence-electron chi connectivity index (χ0n) is 21.2. The molecule has 2 amide bonds. The van der Waals surface area contributed by atoms with Crippen LogP contribution in [0.3, 0.4) is 0 Å². The number of nitrogens with zero attached hydrogens (tertiary/aromatic N) is 1. The molecule has 0 aliphatic heterocycles. The van der Waals surface area contributed by atoms with E-state index in [1.807, 2.05) is 80.6 Å². The Bertz CT molecular complexity index is 1100. The molecule has 3 aromatic carbocycles. The van der Waals surface area contributed by atoms with Crippen molar-refractivity contribution in [2.75, 3.05) is 13.2 Å². The standard InChI is InChI=1S/C30H35ClN2O3/c1-4-23-12-16-27(17-13-23)36-21-29(34)33(20-25-10-14-26(31)15-11-25)28(30(35)32-19-22(2)3)18-24-8-6-5-7-9-24/h5-17,22,28H,4,18-21H2,1-3H3,(H,32,35)/t28-/m1/s1. The van der Waals surface area contributed by atoms with Crippen molar-refractivity contribution < 1.29 is 14.3 Å². The summed E-state index contributed by atoms with van der Waals surface area (Å²) in [6.07, 6.45) is 1.33. The van der Waals surface area contributed by atoms with Gasteiger partial charge in [-0.25, -0.2) is 0 Å². The van der Waals surface area contributed by atoms with Gasteiger partial charge in [0, 0.05) is 24.5 Å². The van der Waals surface area contributed by atoms with Gasteiger partial charge in [-0.05, 0) is 53.3 Å². The number of carbonyl (C=O) groups is 2. The van der Waals surface area contributed by atoms with Gasteiger partial charge in [0.1, 0.15) is 11.8 Å². The molecular weight excluding hydrogens is 472 g/mol. The number of rotatable bonds is 12. The Labute approximate surface area is 219 Å². The van der Waals surface area contributed by atoms with Gasteiger partial charge in [0.05, 0.1) is 0 Å². The first kappa shape index (κ1) is 27.3. The minimum absolute atomic E-state index is 0.165. The maximum Gasteiger partial charge on any atom is 0.261 e. The summed E-state index contributed by atoms with van der Waals surface area (Å²) in [6.45, 7) is 6.81. The summed E-state index contributed by atoms with van der Waals surface area (Å²) < 4.78 is 5.84. The summed E-state index contributed by atoms with van der Waals surface area (Å²) in [6, 6.07) is 24.1. The molecule has 0 spiro atoms. The fourth-order valence-corrected chi connectivity index (χ4v) is 3.94. The third-order valence-corrected chi connectivity index (χ3v) is 6.17. The number of hydrogen-bond acceptors (Lipinski definition) is 3. The highest BCUT2D eigenvalue weighted by Gasteiger charge is 2.30. The molecule has 5 nitrogen and oxygen atoms in total. The number of amides is 2. The molecule has 3 rings (SSSR count). The Balaban J connectivity index is 1.87. The van der Waals surface area contributed by atoms with E-state index >= 15 is 0 Å². The van der Waals surface area contributed by atoms with Crippen LogP contribution in [-0.4, -0.2) is 35.9 Å². The summed E-state index contributed by atoms with van der Waals surface area (Å²) in [4.78, 5) is 28.6. The first-order chi connectivity index (χ1) is 17.4. The van der Waals surface area contributed by atoms with E-state index in [9.17, 15) is 9.59 Å². The molecular formula is C30H35ClN2O3. The Hall–Kier alpha value is -3.31. The van der Waals surface area contributed by atoms with E-state index in [1.165, 1.54) is 5.56 Å². The Morgan fingerprint density at radius 3 is 2.14 bits per heavy atom. The van der Waals surface area contributed by atoms with Crippen LogP contribution in [0.1, 0.15) is 37.5 Å². The van der Waals surface area contributed by atoms with E-state index in [1.54, 1.807) is 17.0 Å². The van der Waals surface area contributed by atoms with Crippen molar-refractivity contribution in [3.63, 3.8) is 0 Å². The second kappa shape index (κ2) is 13.7. The molecule has 0 fully saturated rings. The lowest BCUT2D eigenvalue weighted by atomic mass is 10.0. The van der Waals surface area contributed by atoms with Crippen LogP contribution in [0.25, 0.3) is 0 Å².